The molecule has 1 fully saturated rings. The summed E-state index contributed by atoms with van der Waals surface area (Å²) in [4.78, 5) is 10.8. The van der Waals surface area contributed by atoms with Gasteiger partial charge in [0.1, 0.15) is 6.04 Å². The van der Waals surface area contributed by atoms with E-state index in [4.69, 9.17) is 15.6 Å². The Balaban J connectivity index is 2.13. The number of hydrogen-bond donors (Lipinski definition) is 2. The smallest absolute Gasteiger partial charge is 0.320 e. The van der Waals surface area contributed by atoms with Crippen LogP contribution < -0.4 is 5.73 Å². The van der Waals surface area contributed by atoms with E-state index in [1.54, 1.807) is 7.11 Å². The highest BCUT2D eigenvalue weighted by Crippen LogP contribution is 2.48. The molecule has 0 heterocycles. The number of carboxylic acids is 1. The van der Waals surface area contributed by atoms with Gasteiger partial charge in [-0.1, -0.05) is 24.3 Å². The summed E-state index contributed by atoms with van der Waals surface area (Å²) in [6.45, 7) is 0.724. The number of carbonyl (C=O) groups is 1. The molecule has 1 saturated carbocycles. The molecule has 4 nitrogen and oxygen atoms in total. The molecule has 1 unspecified atom stereocenters. The maximum Gasteiger partial charge on any atom is 0.320 e. The van der Waals surface area contributed by atoms with E-state index < -0.39 is 12.0 Å². The van der Waals surface area contributed by atoms with Crippen molar-refractivity contribution < 1.29 is 14.6 Å². The lowest BCUT2D eigenvalue weighted by Crippen LogP contribution is -2.32. The second-order valence-electron chi connectivity index (χ2n) is 5.06. The average Bonchev–Trinajstić information content (AvgIpc) is 3.11. The van der Waals surface area contributed by atoms with Gasteiger partial charge in [0.15, 0.2) is 0 Å². The second-order valence-corrected chi connectivity index (χ2v) is 5.06. The van der Waals surface area contributed by atoms with Crippen LogP contribution in [0, 0.1) is 0 Å². The van der Waals surface area contributed by atoms with Crippen molar-refractivity contribution in [2.45, 2.75) is 30.7 Å². The van der Waals surface area contributed by atoms with E-state index in [9.17, 15) is 4.79 Å². The van der Waals surface area contributed by atoms with Gasteiger partial charge in [-0.2, -0.15) is 0 Å². The van der Waals surface area contributed by atoms with Gasteiger partial charge in [-0.3, -0.25) is 4.79 Å². The van der Waals surface area contributed by atoms with Crippen molar-refractivity contribution in [1.29, 1.82) is 0 Å². The molecule has 0 saturated heterocycles. The van der Waals surface area contributed by atoms with Crippen LogP contribution in [-0.4, -0.2) is 30.8 Å². The Kier molecular flexibility index (Phi) is 3.68. The zero-order valence-corrected chi connectivity index (χ0v) is 10.6. The molecular formula is C14H19NO3. The lowest BCUT2D eigenvalue weighted by atomic mass is 9.93. The second kappa shape index (κ2) is 5.08. The van der Waals surface area contributed by atoms with Crippen LogP contribution >= 0.6 is 0 Å². The van der Waals surface area contributed by atoms with Crippen molar-refractivity contribution in [1.82, 2.24) is 0 Å². The topological polar surface area (TPSA) is 72.5 Å². The number of ether oxygens (including phenoxy) is 1. The van der Waals surface area contributed by atoms with E-state index in [1.807, 2.05) is 12.1 Å². The highest BCUT2D eigenvalue weighted by atomic mass is 16.5. The standard InChI is InChI=1S/C14H19NO3/c1-18-9-14(5-6-14)11-4-2-3-10(7-11)8-12(15)13(16)17/h2-4,7,12H,5-6,8-9,15H2,1H3,(H,16,17). The maximum atomic E-state index is 10.8. The lowest BCUT2D eigenvalue weighted by molar-refractivity contribution is -0.138. The molecule has 1 atom stereocenters. The van der Waals surface area contributed by atoms with Crippen molar-refractivity contribution in [3.05, 3.63) is 35.4 Å². The van der Waals surface area contributed by atoms with Crippen molar-refractivity contribution >= 4 is 5.97 Å². The predicted octanol–water partition coefficient (Wildman–Crippen LogP) is 1.32. The molecule has 2 rings (SSSR count). The first kappa shape index (κ1) is 13.1. The van der Waals surface area contributed by atoms with Crippen LogP contribution in [-0.2, 0) is 21.4 Å². The fourth-order valence-corrected chi connectivity index (χ4v) is 2.31. The molecule has 0 aliphatic heterocycles. The molecule has 0 bridgehead atoms. The first-order valence-corrected chi connectivity index (χ1v) is 6.14. The summed E-state index contributed by atoms with van der Waals surface area (Å²) >= 11 is 0. The van der Waals surface area contributed by atoms with Crippen LogP contribution in [0.2, 0.25) is 0 Å². The molecule has 1 aliphatic carbocycles. The van der Waals surface area contributed by atoms with Crippen LogP contribution in [0.4, 0.5) is 0 Å². The molecule has 0 radical (unpaired) electrons. The Morgan fingerprint density at radius 3 is 2.83 bits per heavy atom. The van der Waals surface area contributed by atoms with E-state index >= 15 is 0 Å². The molecule has 1 aromatic rings. The third-order valence-electron chi connectivity index (χ3n) is 3.59. The normalized spacial score (nSPS) is 18.3. The van der Waals surface area contributed by atoms with Crippen molar-refractivity contribution in [2.75, 3.05) is 13.7 Å². The maximum absolute atomic E-state index is 10.8. The Hall–Kier alpha value is -1.39. The van der Waals surface area contributed by atoms with Crippen molar-refractivity contribution in [2.24, 2.45) is 5.73 Å². The Labute approximate surface area is 107 Å². The number of hydrogen-bond acceptors (Lipinski definition) is 3. The fraction of sp³-hybridized carbons (Fsp3) is 0.500. The molecule has 1 aromatic carbocycles. The van der Waals surface area contributed by atoms with E-state index in [0.29, 0.717) is 6.42 Å². The zero-order chi connectivity index (χ0) is 13.2. The molecule has 18 heavy (non-hydrogen) atoms. The molecule has 0 aromatic heterocycles. The van der Waals surface area contributed by atoms with Crippen molar-refractivity contribution in [3.63, 3.8) is 0 Å². The Morgan fingerprint density at radius 2 is 2.28 bits per heavy atom. The van der Waals surface area contributed by atoms with E-state index in [0.717, 1.165) is 25.0 Å². The van der Waals surface area contributed by atoms with Crippen LogP contribution in [0.15, 0.2) is 24.3 Å². The molecule has 0 amide bonds. The molecular weight excluding hydrogens is 230 g/mol. The minimum absolute atomic E-state index is 0.151. The number of methoxy groups -OCH3 is 1. The van der Waals surface area contributed by atoms with Crippen LogP contribution in [0.3, 0.4) is 0 Å². The molecule has 1 aliphatic rings. The van der Waals surface area contributed by atoms with Crippen LogP contribution in [0.5, 0.6) is 0 Å². The summed E-state index contributed by atoms with van der Waals surface area (Å²) in [7, 11) is 1.71. The summed E-state index contributed by atoms with van der Waals surface area (Å²) in [5.41, 5.74) is 7.92. The third-order valence-corrected chi connectivity index (χ3v) is 3.59. The van der Waals surface area contributed by atoms with Gasteiger partial charge in [0.05, 0.1) is 6.61 Å². The van der Waals surface area contributed by atoms with Gasteiger partial charge in [0, 0.05) is 12.5 Å². The molecule has 4 heteroatoms. The number of aliphatic carboxylic acids is 1. The van der Waals surface area contributed by atoms with E-state index in [2.05, 4.69) is 12.1 Å². The minimum atomic E-state index is -0.960. The molecule has 3 N–H and O–H groups in total. The summed E-state index contributed by atoms with van der Waals surface area (Å²) < 4.78 is 5.26. The third kappa shape index (κ3) is 2.71. The van der Waals surface area contributed by atoms with Gasteiger partial charge in [-0.05, 0) is 30.4 Å². The number of benzene rings is 1. The molecule has 0 spiro atoms. The van der Waals surface area contributed by atoms with Gasteiger partial charge in [-0.25, -0.2) is 0 Å². The predicted molar refractivity (Wildman–Crippen MR) is 68.5 cm³/mol. The molecule has 98 valence electrons. The number of rotatable bonds is 6. The highest BCUT2D eigenvalue weighted by molar-refractivity contribution is 5.73. The highest BCUT2D eigenvalue weighted by Gasteiger charge is 2.44. The van der Waals surface area contributed by atoms with Gasteiger partial charge in [0.25, 0.3) is 0 Å². The van der Waals surface area contributed by atoms with Gasteiger partial charge in [0.2, 0.25) is 0 Å². The Bertz CT molecular complexity index is 440. The average molecular weight is 249 g/mol. The largest absolute Gasteiger partial charge is 0.480 e. The van der Waals surface area contributed by atoms with Crippen LogP contribution in [0.25, 0.3) is 0 Å². The first-order valence-electron chi connectivity index (χ1n) is 6.14. The Morgan fingerprint density at radius 1 is 1.56 bits per heavy atom. The van der Waals surface area contributed by atoms with E-state index in [-0.39, 0.29) is 5.41 Å². The lowest BCUT2D eigenvalue weighted by Gasteiger charge is -2.16. The summed E-state index contributed by atoms with van der Waals surface area (Å²) in [5, 5.41) is 8.82. The van der Waals surface area contributed by atoms with Gasteiger partial charge < -0.3 is 15.6 Å². The summed E-state index contributed by atoms with van der Waals surface area (Å²) in [6, 6.07) is 7.21. The first-order chi connectivity index (χ1) is 8.57. The minimum Gasteiger partial charge on any atom is -0.480 e. The van der Waals surface area contributed by atoms with Crippen LogP contribution in [0.1, 0.15) is 24.0 Å². The fourth-order valence-electron chi connectivity index (χ4n) is 2.31. The number of nitrogens with two attached hydrogens (primary N) is 1. The number of carboxylic acid groups (broad SMARTS) is 1. The summed E-state index contributed by atoms with van der Waals surface area (Å²) in [6.07, 6.45) is 2.64. The van der Waals surface area contributed by atoms with E-state index in [1.165, 1.54) is 5.56 Å². The summed E-state index contributed by atoms with van der Waals surface area (Å²) in [5.74, 6) is -0.960. The van der Waals surface area contributed by atoms with Crippen molar-refractivity contribution in [3.8, 4) is 0 Å². The quantitative estimate of drug-likeness (QED) is 0.797. The monoisotopic (exact) mass is 249 g/mol. The zero-order valence-electron chi connectivity index (χ0n) is 10.6. The SMILES string of the molecule is COCC1(c2cccc(CC(N)C(=O)O)c2)CC1. The van der Waals surface area contributed by atoms with Gasteiger partial charge in [-0.15, -0.1) is 0 Å². The van der Waals surface area contributed by atoms with Gasteiger partial charge >= 0.3 is 5.97 Å².